The van der Waals surface area contributed by atoms with Crippen LogP contribution in [0.3, 0.4) is 0 Å². The van der Waals surface area contributed by atoms with E-state index in [1.54, 1.807) is 0 Å². The first-order valence-electron chi connectivity index (χ1n) is 11.5. The molecule has 2 aromatic heterocycles. The minimum Gasteiger partial charge on any atom is -0.466 e. The molecular formula is C25H26ClN5O2S. The number of esters is 1. The summed E-state index contributed by atoms with van der Waals surface area (Å²) < 4.78 is 9.67. The molecule has 0 radical (unpaired) electrons. The van der Waals surface area contributed by atoms with Gasteiger partial charge in [0.05, 0.1) is 24.9 Å². The van der Waals surface area contributed by atoms with Crippen LogP contribution in [0.5, 0.6) is 0 Å². The van der Waals surface area contributed by atoms with Crippen LogP contribution in [-0.2, 0) is 16.2 Å². The summed E-state index contributed by atoms with van der Waals surface area (Å²) in [5.74, 6) is 0.649. The lowest BCUT2D eigenvalue weighted by molar-refractivity contribution is -0.149. The Hall–Kier alpha value is -2.94. The number of fused-ring (bicyclic) bond motifs is 1. The van der Waals surface area contributed by atoms with Crippen LogP contribution in [0, 0.1) is 10.7 Å². The molecule has 1 fully saturated rings. The van der Waals surface area contributed by atoms with Gasteiger partial charge in [-0.1, -0.05) is 29.8 Å². The van der Waals surface area contributed by atoms with Crippen LogP contribution in [0.25, 0.3) is 28.0 Å². The second-order valence-electron chi connectivity index (χ2n) is 8.45. The van der Waals surface area contributed by atoms with E-state index in [-0.39, 0.29) is 11.9 Å². The average Bonchev–Trinajstić information content (AvgIpc) is 3.41. The van der Waals surface area contributed by atoms with Crippen molar-refractivity contribution in [1.82, 2.24) is 24.2 Å². The number of nitrogens with zero attached hydrogens (tertiary/aromatic N) is 4. The summed E-state index contributed by atoms with van der Waals surface area (Å²) in [4.78, 5) is 17.7. The molecule has 0 saturated carbocycles. The first kappa shape index (κ1) is 22.8. The number of H-pyrrole nitrogens is 1. The Morgan fingerprint density at radius 1 is 1.18 bits per heavy atom. The molecule has 1 N–H and O–H groups in total. The number of aromatic nitrogens is 4. The first-order chi connectivity index (χ1) is 16.5. The summed E-state index contributed by atoms with van der Waals surface area (Å²) in [5, 5.41) is 6.72. The Labute approximate surface area is 207 Å². The molecule has 0 aliphatic carbocycles. The summed E-state index contributed by atoms with van der Waals surface area (Å²) >= 11 is 12.1. The molecular weight excluding hydrogens is 470 g/mol. The third-order valence-corrected chi connectivity index (χ3v) is 6.94. The van der Waals surface area contributed by atoms with Gasteiger partial charge in [-0.15, -0.1) is 5.10 Å². The van der Waals surface area contributed by atoms with Gasteiger partial charge >= 0.3 is 5.97 Å². The maximum Gasteiger partial charge on any atom is 0.309 e. The SMILES string of the molecule is CCOC(=O)C1CCN(Cn2nc(-c3c[nH]c4ccccc34)n(-c3ccc(Cl)cc3)c2=S)CC1. The molecule has 0 unspecified atom stereocenters. The maximum atomic E-state index is 12.1. The van der Waals surface area contributed by atoms with Gasteiger partial charge in [-0.05, 0) is 62.3 Å². The molecule has 0 amide bonds. The molecule has 1 saturated heterocycles. The van der Waals surface area contributed by atoms with E-state index in [9.17, 15) is 4.79 Å². The molecule has 0 atom stereocenters. The normalized spacial score (nSPS) is 15.1. The van der Waals surface area contributed by atoms with Gasteiger partial charge in [-0.3, -0.25) is 14.3 Å². The number of piperidine rings is 1. The maximum absolute atomic E-state index is 12.1. The highest BCUT2D eigenvalue weighted by Crippen LogP contribution is 2.30. The van der Waals surface area contributed by atoms with Crippen molar-refractivity contribution in [2.75, 3.05) is 19.7 Å². The van der Waals surface area contributed by atoms with E-state index in [1.807, 2.05) is 64.8 Å². The second-order valence-corrected chi connectivity index (χ2v) is 9.25. The minimum absolute atomic E-state index is 0.0300. The zero-order valence-electron chi connectivity index (χ0n) is 18.9. The van der Waals surface area contributed by atoms with E-state index in [4.69, 9.17) is 33.7 Å². The number of carbonyl (C=O) groups is 1. The fourth-order valence-corrected chi connectivity index (χ4v) is 4.93. The number of carbonyl (C=O) groups excluding carboxylic acids is 1. The molecule has 1 aliphatic heterocycles. The van der Waals surface area contributed by atoms with E-state index in [0.29, 0.717) is 23.1 Å². The molecule has 7 nitrogen and oxygen atoms in total. The molecule has 0 spiro atoms. The van der Waals surface area contributed by atoms with Crippen LogP contribution in [-0.4, -0.2) is 49.9 Å². The third-order valence-electron chi connectivity index (χ3n) is 6.30. The second kappa shape index (κ2) is 9.74. The average molecular weight is 496 g/mol. The molecule has 5 rings (SSSR count). The van der Waals surface area contributed by atoms with Crippen molar-refractivity contribution in [3.05, 3.63) is 64.5 Å². The van der Waals surface area contributed by atoms with Gasteiger partial charge in [-0.2, -0.15) is 0 Å². The number of hydrogen-bond donors (Lipinski definition) is 1. The molecule has 3 heterocycles. The third kappa shape index (κ3) is 4.41. The number of likely N-dealkylation sites (tertiary alicyclic amines) is 1. The lowest BCUT2D eigenvalue weighted by atomic mass is 9.97. The fraction of sp³-hybridized carbons (Fsp3) is 0.320. The van der Waals surface area contributed by atoms with Gasteiger partial charge < -0.3 is 9.72 Å². The largest absolute Gasteiger partial charge is 0.466 e. The van der Waals surface area contributed by atoms with Crippen LogP contribution < -0.4 is 0 Å². The lowest BCUT2D eigenvalue weighted by Crippen LogP contribution is -2.38. The quantitative estimate of drug-likeness (QED) is 0.285. The highest BCUT2D eigenvalue weighted by molar-refractivity contribution is 7.71. The molecule has 2 aromatic carbocycles. The van der Waals surface area contributed by atoms with Crippen LogP contribution in [0.15, 0.2) is 54.7 Å². The van der Waals surface area contributed by atoms with Crippen molar-refractivity contribution < 1.29 is 9.53 Å². The van der Waals surface area contributed by atoms with Gasteiger partial charge in [0.1, 0.15) is 0 Å². The molecule has 34 heavy (non-hydrogen) atoms. The van der Waals surface area contributed by atoms with Gasteiger partial charge in [0, 0.05) is 40.8 Å². The van der Waals surface area contributed by atoms with Crippen molar-refractivity contribution in [2.45, 2.75) is 26.4 Å². The number of para-hydroxylation sites is 1. The Balaban J connectivity index is 1.49. The van der Waals surface area contributed by atoms with E-state index in [2.05, 4.69) is 16.0 Å². The molecule has 176 valence electrons. The topological polar surface area (TPSA) is 68.1 Å². The Bertz CT molecular complexity index is 1370. The van der Waals surface area contributed by atoms with E-state index < -0.39 is 0 Å². The number of nitrogens with one attached hydrogen (secondary N) is 1. The molecule has 4 aromatic rings. The van der Waals surface area contributed by atoms with Crippen molar-refractivity contribution in [3.8, 4) is 17.1 Å². The first-order valence-corrected chi connectivity index (χ1v) is 12.2. The van der Waals surface area contributed by atoms with Gasteiger partial charge in [0.15, 0.2) is 5.82 Å². The van der Waals surface area contributed by atoms with Gasteiger partial charge in [0.2, 0.25) is 4.77 Å². The van der Waals surface area contributed by atoms with Crippen molar-refractivity contribution in [1.29, 1.82) is 0 Å². The highest BCUT2D eigenvalue weighted by Gasteiger charge is 2.27. The van der Waals surface area contributed by atoms with Crippen molar-refractivity contribution in [3.63, 3.8) is 0 Å². The smallest absolute Gasteiger partial charge is 0.309 e. The number of aromatic amines is 1. The van der Waals surface area contributed by atoms with Crippen LogP contribution in [0.4, 0.5) is 0 Å². The number of ether oxygens (including phenoxy) is 1. The fourth-order valence-electron chi connectivity index (χ4n) is 4.51. The van der Waals surface area contributed by atoms with Gasteiger partial charge in [0.25, 0.3) is 0 Å². The highest BCUT2D eigenvalue weighted by atomic mass is 35.5. The summed E-state index contributed by atoms with van der Waals surface area (Å²) in [6, 6.07) is 15.8. The van der Waals surface area contributed by atoms with E-state index in [1.165, 1.54) is 0 Å². The predicted octanol–water partition coefficient (Wildman–Crippen LogP) is 5.44. The molecule has 9 heteroatoms. The monoisotopic (exact) mass is 495 g/mol. The predicted molar refractivity (Wildman–Crippen MR) is 136 cm³/mol. The zero-order chi connectivity index (χ0) is 23.7. The Kier molecular flexibility index (Phi) is 6.54. The number of rotatable bonds is 6. The molecule has 1 aliphatic rings. The summed E-state index contributed by atoms with van der Waals surface area (Å²) in [5.41, 5.74) is 2.93. The summed E-state index contributed by atoms with van der Waals surface area (Å²) in [6.07, 6.45) is 3.53. The van der Waals surface area contributed by atoms with E-state index >= 15 is 0 Å². The Morgan fingerprint density at radius 2 is 1.91 bits per heavy atom. The summed E-state index contributed by atoms with van der Waals surface area (Å²) in [6.45, 7) is 4.41. The number of benzene rings is 2. The van der Waals surface area contributed by atoms with Crippen LogP contribution in [0.2, 0.25) is 5.02 Å². The van der Waals surface area contributed by atoms with E-state index in [0.717, 1.165) is 53.9 Å². The van der Waals surface area contributed by atoms with Crippen LogP contribution >= 0.6 is 23.8 Å². The van der Waals surface area contributed by atoms with Gasteiger partial charge in [-0.25, -0.2) is 4.68 Å². The number of halogens is 1. The standard InChI is InChI=1S/C25H26ClN5O2S/c1-2-33-24(32)17-11-13-29(14-12-17)16-30-25(34)31(19-9-7-18(26)8-10-19)23(28-30)21-15-27-22-6-4-3-5-20(21)22/h3-10,15,17,27H,2,11-14,16H2,1H3. The van der Waals surface area contributed by atoms with Crippen LogP contribution in [0.1, 0.15) is 19.8 Å². The van der Waals surface area contributed by atoms with Crippen molar-refractivity contribution >= 4 is 40.7 Å². The Morgan fingerprint density at radius 3 is 2.65 bits per heavy atom. The minimum atomic E-state index is -0.0904. The lowest BCUT2D eigenvalue weighted by Gasteiger charge is -2.30. The summed E-state index contributed by atoms with van der Waals surface area (Å²) in [7, 11) is 0. The zero-order valence-corrected chi connectivity index (χ0v) is 20.5. The molecule has 0 bridgehead atoms. The number of hydrogen-bond acceptors (Lipinski definition) is 5. The van der Waals surface area contributed by atoms with Crippen molar-refractivity contribution in [2.24, 2.45) is 5.92 Å².